The second-order valence-electron chi connectivity index (χ2n) is 7.58. The number of nitrogens with one attached hydrogen (secondary N) is 1. The van der Waals surface area contributed by atoms with Gasteiger partial charge in [-0.15, -0.1) is 0 Å². The van der Waals surface area contributed by atoms with E-state index >= 15 is 0 Å². The van der Waals surface area contributed by atoms with Gasteiger partial charge in [0.05, 0.1) is 24.6 Å². The molecular formula is C27H22N2O3. The number of fused-ring (bicyclic) bond motifs is 2. The van der Waals surface area contributed by atoms with E-state index in [1.807, 2.05) is 48.7 Å². The van der Waals surface area contributed by atoms with Crippen LogP contribution >= 0.6 is 0 Å². The molecule has 0 amide bonds. The van der Waals surface area contributed by atoms with Gasteiger partial charge in [-0.2, -0.15) is 0 Å². The molecule has 0 saturated carbocycles. The van der Waals surface area contributed by atoms with Crippen molar-refractivity contribution in [2.75, 3.05) is 7.11 Å². The van der Waals surface area contributed by atoms with Gasteiger partial charge in [0.1, 0.15) is 18.2 Å². The summed E-state index contributed by atoms with van der Waals surface area (Å²) in [5, 5.41) is 0. The number of hydrogen-bond donors (Lipinski definition) is 1. The number of methoxy groups -OCH3 is 1. The molecule has 5 nitrogen and oxygen atoms in total. The average Bonchev–Trinajstić information content (AvgIpc) is 3.26. The van der Waals surface area contributed by atoms with Crippen LogP contribution in [0.25, 0.3) is 16.8 Å². The van der Waals surface area contributed by atoms with Crippen molar-refractivity contribution in [2.45, 2.75) is 13.0 Å². The highest BCUT2D eigenvalue weighted by Crippen LogP contribution is 2.37. The summed E-state index contributed by atoms with van der Waals surface area (Å²) in [5.41, 5.74) is 6.63. The van der Waals surface area contributed by atoms with Crippen LogP contribution in [0.4, 0.5) is 0 Å². The number of ether oxygens (including phenoxy) is 2. The van der Waals surface area contributed by atoms with E-state index in [-0.39, 0.29) is 5.97 Å². The van der Waals surface area contributed by atoms with E-state index < -0.39 is 0 Å². The number of aromatic amines is 1. The predicted molar refractivity (Wildman–Crippen MR) is 123 cm³/mol. The molecular weight excluding hydrogens is 400 g/mol. The summed E-state index contributed by atoms with van der Waals surface area (Å²) in [6.07, 6.45) is 4.61. The lowest BCUT2D eigenvalue weighted by Crippen LogP contribution is -2.03. The molecule has 5 rings (SSSR count). The van der Waals surface area contributed by atoms with Crippen LogP contribution in [0.1, 0.15) is 32.9 Å². The van der Waals surface area contributed by atoms with Crippen molar-refractivity contribution < 1.29 is 14.3 Å². The molecule has 5 heteroatoms. The molecule has 0 unspecified atom stereocenters. The monoisotopic (exact) mass is 422 g/mol. The summed E-state index contributed by atoms with van der Waals surface area (Å²) in [5.74, 6) is 1.23. The van der Waals surface area contributed by atoms with Crippen LogP contribution in [0.15, 0.2) is 85.1 Å². The normalized spacial score (nSPS) is 13.6. The molecule has 2 heterocycles. The van der Waals surface area contributed by atoms with Crippen LogP contribution in [0.3, 0.4) is 0 Å². The van der Waals surface area contributed by atoms with Crippen molar-refractivity contribution in [3.05, 3.63) is 113 Å². The minimum Gasteiger partial charge on any atom is -0.488 e. The number of nitrogens with zero attached hydrogens (tertiary/aromatic N) is 1. The molecule has 158 valence electrons. The molecule has 3 aromatic carbocycles. The number of benzene rings is 3. The maximum Gasteiger partial charge on any atom is 0.337 e. The Morgan fingerprint density at radius 3 is 2.72 bits per heavy atom. The van der Waals surface area contributed by atoms with E-state index in [0.29, 0.717) is 18.6 Å². The first-order valence-corrected chi connectivity index (χ1v) is 10.5. The fourth-order valence-corrected chi connectivity index (χ4v) is 3.97. The molecule has 0 aliphatic carbocycles. The largest absolute Gasteiger partial charge is 0.488 e. The molecule has 0 saturated heterocycles. The SMILES string of the molecule is COC(=O)c1ccc2c(c1)C(=CCc1ncc(-c3ccccc3)[nH]1)c1ccccc1CO2. The maximum absolute atomic E-state index is 12.2. The third kappa shape index (κ3) is 3.81. The number of imidazole rings is 1. The fraction of sp³-hybridized carbons (Fsp3) is 0.111. The topological polar surface area (TPSA) is 64.2 Å². The summed E-state index contributed by atoms with van der Waals surface area (Å²) in [6, 6.07) is 23.7. The quantitative estimate of drug-likeness (QED) is 0.446. The van der Waals surface area contributed by atoms with Gasteiger partial charge in [0.2, 0.25) is 0 Å². The Balaban J connectivity index is 1.56. The van der Waals surface area contributed by atoms with Gasteiger partial charge in [0.25, 0.3) is 0 Å². The first-order valence-electron chi connectivity index (χ1n) is 10.5. The van der Waals surface area contributed by atoms with Gasteiger partial charge in [-0.3, -0.25) is 0 Å². The predicted octanol–water partition coefficient (Wildman–Crippen LogP) is 5.43. The van der Waals surface area contributed by atoms with Crippen LogP contribution in [0.2, 0.25) is 0 Å². The summed E-state index contributed by atoms with van der Waals surface area (Å²) in [6.45, 7) is 0.469. The summed E-state index contributed by atoms with van der Waals surface area (Å²) < 4.78 is 11.0. The molecule has 0 radical (unpaired) electrons. The first kappa shape index (κ1) is 19.8. The van der Waals surface area contributed by atoms with E-state index in [0.717, 1.165) is 45.1 Å². The molecule has 0 atom stereocenters. The molecule has 1 aliphatic heterocycles. The molecule has 32 heavy (non-hydrogen) atoms. The Morgan fingerprint density at radius 2 is 1.88 bits per heavy atom. The van der Waals surface area contributed by atoms with Crippen LogP contribution in [-0.2, 0) is 17.8 Å². The number of hydrogen-bond acceptors (Lipinski definition) is 4. The van der Waals surface area contributed by atoms with Crippen molar-refractivity contribution in [3.8, 4) is 17.0 Å². The van der Waals surface area contributed by atoms with Crippen molar-refractivity contribution in [2.24, 2.45) is 0 Å². The Kier molecular flexibility index (Phi) is 5.30. The van der Waals surface area contributed by atoms with Crippen LogP contribution in [0, 0.1) is 0 Å². The summed E-state index contributed by atoms with van der Waals surface area (Å²) >= 11 is 0. The number of esters is 1. The molecule has 0 spiro atoms. The minimum absolute atomic E-state index is 0.372. The highest BCUT2D eigenvalue weighted by Gasteiger charge is 2.21. The van der Waals surface area contributed by atoms with Crippen molar-refractivity contribution >= 4 is 11.5 Å². The lowest BCUT2D eigenvalue weighted by Gasteiger charge is -2.12. The zero-order chi connectivity index (χ0) is 21.9. The van der Waals surface area contributed by atoms with Gasteiger partial charge < -0.3 is 14.5 Å². The molecule has 1 aromatic heterocycles. The number of rotatable bonds is 4. The van der Waals surface area contributed by atoms with Crippen LogP contribution < -0.4 is 4.74 Å². The Hall–Kier alpha value is -4.12. The second-order valence-corrected chi connectivity index (χ2v) is 7.58. The second kappa shape index (κ2) is 8.55. The highest BCUT2D eigenvalue weighted by molar-refractivity contribution is 5.93. The van der Waals surface area contributed by atoms with E-state index in [1.165, 1.54) is 7.11 Å². The lowest BCUT2D eigenvalue weighted by atomic mass is 9.92. The number of H-pyrrole nitrogens is 1. The van der Waals surface area contributed by atoms with Gasteiger partial charge in [-0.25, -0.2) is 9.78 Å². The number of aromatic nitrogens is 2. The zero-order valence-corrected chi connectivity index (χ0v) is 17.7. The standard InChI is InChI=1S/C27H22N2O3/c1-31-27(30)19-11-13-25-23(15-19)22(21-10-6-5-9-20(21)17-32-25)12-14-26-28-16-24(29-26)18-7-3-2-4-8-18/h2-13,15-16H,14,17H2,1H3,(H,28,29). The molecule has 1 aliphatic rings. The maximum atomic E-state index is 12.2. The minimum atomic E-state index is -0.372. The van der Waals surface area contributed by atoms with Gasteiger partial charge >= 0.3 is 5.97 Å². The number of carbonyl (C=O) groups is 1. The molecule has 4 aromatic rings. The van der Waals surface area contributed by atoms with Crippen molar-refractivity contribution in [1.29, 1.82) is 0 Å². The molecule has 0 bridgehead atoms. The Morgan fingerprint density at radius 1 is 1.06 bits per heavy atom. The number of carbonyl (C=O) groups excluding carboxylic acids is 1. The molecule has 0 fully saturated rings. The Bertz CT molecular complexity index is 1310. The fourth-order valence-electron chi connectivity index (χ4n) is 3.97. The van der Waals surface area contributed by atoms with Crippen LogP contribution in [-0.4, -0.2) is 23.0 Å². The lowest BCUT2D eigenvalue weighted by molar-refractivity contribution is 0.0600. The van der Waals surface area contributed by atoms with Gasteiger partial charge in [-0.05, 0) is 40.5 Å². The Labute approximate surface area is 186 Å². The smallest absolute Gasteiger partial charge is 0.337 e. The third-order valence-electron chi connectivity index (χ3n) is 5.59. The average molecular weight is 422 g/mol. The van der Waals surface area contributed by atoms with Crippen LogP contribution in [0.5, 0.6) is 5.75 Å². The van der Waals surface area contributed by atoms with Gasteiger partial charge in [-0.1, -0.05) is 60.7 Å². The third-order valence-corrected chi connectivity index (χ3v) is 5.59. The van der Waals surface area contributed by atoms with E-state index in [2.05, 4.69) is 40.3 Å². The van der Waals surface area contributed by atoms with Gasteiger partial charge in [0, 0.05) is 12.0 Å². The zero-order valence-electron chi connectivity index (χ0n) is 17.7. The van der Waals surface area contributed by atoms with E-state index in [4.69, 9.17) is 9.47 Å². The van der Waals surface area contributed by atoms with E-state index in [1.54, 1.807) is 6.07 Å². The van der Waals surface area contributed by atoms with E-state index in [9.17, 15) is 4.79 Å². The van der Waals surface area contributed by atoms with Gasteiger partial charge in [0.15, 0.2) is 0 Å². The highest BCUT2D eigenvalue weighted by atomic mass is 16.5. The summed E-state index contributed by atoms with van der Waals surface area (Å²) in [4.78, 5) is 20.1. The van der Waals surface area contributed by atoms with Crippen molar-refractivity contribution in [3.63, 3.8) is 0 Å². The number of allylic oxidation sites excluding steroid dienone is 1. The summed E-state index contributed by atoms with van der Waals surface area (Å²) in [7, 11) is 1.39. The first-order chi connectivity index (χ1) is 15.7. The van der Waals surface area contributed by atoms with Crippen molar-refractivity contribution in [1.82, 2.24) is 9.97 Å². The molecule has 1 N–H and O–H groups in total.